The number of hydrogen-bond donors (Lipinski definition) is 0. The van der Waals surface area contributed by atoms with E-state index >= 15 is 0 Å². The predicted molar refractivity (Wildman–Crippen MR) is 112 cm³/mol. The first-order valence-corrected chi connectivity index (χ1v) is 13.4. The van der Waals surface area contributed by atoms with Crippen LogP contribution in [-0.2, 0) is 8.85 Å². The Morgan fingerprint density at radius 2 is 1.00 bits per heavy atom. The summed E-state index contributed by atoms with van der Waals surface area (Å²) < 4.78 is 18.3. The van der Waals surface area contributed by atoms with Crippen LogP contribution in [0.15, 0.2) is 0 Å². The lowest BCUT2D eigenvalue weighted by Gasteiger charge is -2.56. The highest BCUT2D eigenvalue weighted by atomic mass is 28.4. The van der Waals surface area contributed by atoms with Gasteiger partial charge in [-0.2, -0.15) is 0 Å². The van der Waals surface area contributed by atoms with Gasteiger partial charge in [-0.1, -0.05) is 38.5 Å². The third-order valence-electron chi connectivity index (χ3n) is 8.60. The van der Waals surface area contributed by atoms with Crippen LogP contribution in [0.5, 0.6) is 0 Å². The maximum atomic E-state index is 6.43. The van der Waals surface area contributed by atoms with Crippen LogP contribution in [0.1, 0.15) is 78.1 Å². The van der Waals surface area contributed by atoms with E-state index in [0.29, 0.717) is 12.1 Å². The summed E-state index contributed by atoms with van der Waals surface area (Å²) in [5, 5.41) is 0. The van der Waals surface area contributed by atoms with Gasteiger partial charge in [-0.3, -0.25) is 9.13 Å². The highest BCUT2D eigenvalue weighted by molar-refractivity contribution is 6.61. The lowest BCUT2D eigenvalue weighted by Crippen LogP contribution is -2.76. The molecule has 2 aliphatic carbocycles. The molecule has 0 aromatic carbocycles. The third kappa shape index (κ3) is 3.68. The van der Waals surface area contributed by atoms with Crippen molar-refractivity contribution in [3.63, 3.8) is 0 Å². The van der Waals surface area contributed by atoms with E-state index in [9.17, 15) is 0 Å². The van der Waals surface area contributed by atoms with E-state index in [2.05, 4.69) is 23.0 Å². The molecule has 0 radical (unpaired) electrons. The number of fused-ring (bicyclic) bond motifs is 2. The zero-order valence-electron chi connectivity index (χ0n) is 18.2. The first-order valence-electron chi connectivity index (χ1n) is 11.7. The summed E-state index contributed by atoms with van der Waals surface area (Å²) >= 11 is 0. The molecule has 2 aliphatic heterocycles. The summed E-state index contributed by atoms with van der Waals surface area (Å²) in [4.78, 5) is 0. The van der Waals surface area contributed by atoms with Crippen molar-refractivity contribution in [1.82, 2.24) is 9.13 Å². The zero-order valence-corrected chi connectivity index (χ0v) is 19.2. The van der Waals surface area contributed by atoms with Gasteiger partial charge in [-0.05, 0) is 63.2 Å². The van der Waals surface area contributed by atoms with Crippen LogP contribution in [-0.4, -0.2) is 57.4 Å². The minimum Gasteiger partial charge on any atom is -0.374 e. The lowest BCUT2D eigenvalue weighted by atomic mass is 9.74. The molecule has 6 unspecified atom stereocenters. The van der Waals surface area contributed by atoms with Gasteiger partial charge in [0, 0.05) is 39.4 Å². The highest BCUT2D eigenvalue weighted by Gasteiger charge is 2.58. The first kappa shape index (κ1) is 20.3. The molecule has 0 aromatic rings. The Morgan fingerprint density at radius 1 is 0.630 bits per heavy atom. The second-order valence-corrected chi connectivity index (χ2v) is 13.1. The predicted octanol–water partition coefficient (Wildman–Crippen LogP) is 4.52. The molecule has 5 heteroatoms. The Balaban J connectivity index is 1.57. The number of nitrogens with zero attached hydrogens (tertiary/aromatic N) is 2. The van der Waals surface area contributed by atoms with E-state index < -0.39 is 8.88 Å². The monoisotopic (exact) mass is 394 g/mol. The molecular formula is C22H42N2O2Si. The van der Waals surface area contributed by atoms with E-state index in [0.717, 1.165) is 23.7 Å². The Morgan fingerprint density at radius 3 is 1.37 bits per heavy atom. The van der Waals surface area contributed by atoms with Crippen molar-refractivity contribution >= 4 is 8.88 Å². The Labute approximate surface area is 168 Å². The largest absolute Gasteiger partial charge is 0.522 e. The average molecular weight is 395 g/mol. The van der Waals surface area contributed by atoms with Gasteiger partial charge in [0.1, 0.15) is 0 Å². The van der Waals surface area contributed by atoms with Gasteiger partial charge in [0.15, 0.2) is 0 Å². The molecule has 6 atom stereocenters. The van der Waals surface area contributed by atoms with Gasteiger partial charge < -0.3 is 8.85 Å². The quantitative estimate of drug-likeness (QED) is 0.655. The highest BCUT2D eigenvalue weighted by Crippen LogP contribution is 2.44. The molecule has 2 saturated carbocycles. The molecule has 2 heterocycles. The number of hydrogen-bond acceptors (Lipinski definition) is 4. The minimum absolute atomic E-state index is 0.576. The molecule has 4 rings (SSSR count). The van der Waals surface area contributed by atoms with E-state index in [4.69, 9.17) is 8.85 Å². The van der Waals surface area contributed by atoms with Crippen LogP contribution in [0.3, 0.4) is 0 Å². The second-order valence-electron chi connectivity index (χ2n) is 10.0. The van der Waals surface area contributed by atoms with Gasteiger partial charge in [0.05, 0.1) is 0 Å². The SMILES string of the molecule is CO[Si](OC)(N1CC2CCCCC2CC1C)N1CC2CCCCC2CC1C. The molecule has 27 heavy (non-hydrogen) atoms. The van der Waals surface area contributed by atoms with Gasteiger partial charge in [-0.25, -0.2) is 0 Å². The van der Waals surface area contributed by atoms with Crippen LogP contribution in [0.2, 0.25) is 0 Å². The zero-order chi connectivity index (χ0) is 19.0. The minimum atomic E-state index is -2.55. The maximum absolute atomic E-state index is 6.43. The summed E-state index contributed by atoms with van der Waals surface area (Å²) in [6, 6.07) is 1.15. The van der Waals surface area contributed by atoms with Gasteiger partial charge in [0.25, 0.3) is 0 Å². The molecule has 0 aromatic heterocycles. The summed E-state index contributed by atoms with van der Waals surface area (Å²) in [7, 11) is 1.30. The van der Waals surface area contributed by atoms with Crippen molar-refractivity contribution in [2.45, 2.75) is 90.1 Å². The fraction of sp³-hybridized carbons (Fsp3) is 1.00. The number of rotatable bonds is 4. The van der Waals surface area contributed by atoms with Crippen molar-refractivity contribution in [2.75, 3.05) is 27.3 Å². The van der Waals surface area contributed by atoms with Crippen LogP contribution in [0.4, 0.5) is 0 Å². The topological polar surface area (TPSA) is 24.9 Å². The molecule has 4 nitrogen and oxygen atoms in total. The summed E-state index contributed by atoms with van der Waals surface area (Å²) in [6.45, 7) is 7.25. The summed E-state index contributed by atoms with van der Waals surface area (Å²) in [5.41, 5.74) is 0. The molecule has 0 N–H and O–H groups in total. The molecule has 4 fully saturated rings. The second kappa shape index (κ2) is 8.43. The molecule has 4 aliphatic rings. The van der Waals surface area contributed by atoms with Crippen molar-refractivity contribution in [3.8, 4) is 0 Å². The van der Waals surface area contributed by atoms with E-state index in [1.807, 2.05) is 14.2 Å². The fourth-order valence-corrected chi connectivity index (χ4v) is 10.9. The maximum Gasteiger partial charge on any atom is 0.522 e. The summed E-state index contributed by atoms with van der Waals surface area (Å²) in [5.74, 6) is 3.59. The van der Waals surface area contributed by atoms with Crippen LogP contribution >= 0.6 is 0 Å². The van der Waals surface area contributed by atoms with Crippen molar-refractivity contribution in [3.05, 3.63) is 0 Å². The summed E-state index contributed by atoms with van der Waals surface area (Å²) in [6.07, 6.45) is 14.1. The molecule has 2 saturated heterocycles. The number of piperidine rings is 2. The first-order chi connectivity index (χ1) is 13.1. The van der Waals surface area contributed by atoms with Crippen LogP contribution < -0.4 is 0 Å². The average Bonchev–Trinajstić information content (AvgIpc) is 2.69. The van der Waals surface area contributed by atoms with E-state index in [1.54, 1.807) is 0 Å². The smallest absolute Gasteiger partial charge is 0.374 e. The van der Waals surface area contributed by atoms with Crippen LogP contribution in [0, 0.1) is 23.7 Å². The normalized spacial score (nSPS) is 41.8. The van der Waals surface area contributed by atoms with Crippen molar-refractivity contribution < 1.29 is 8.85 Å². The van der Waals surface area contributed by atoms with E-state index in [1.165, 1.54) is 77.3 Å². The van der Waals surface area contributed by atoms with E-state index in [-0.39, 0.29) is 0 Å². The molecule has 0 spiro atoms. The van der Waals surface area contributed by atoms with Crippen molar-refractivity contribution in [1.29, 1.82) is 0 Å². The Hall–Kier alpha value is 0.0569. The van der Waals surface area contributed by atoms with Gasteiger partial charge in [-0.15, -0.1) is 0 Å². The molecule has 0 amide bonds. The Kier molecular flexibility index (Phi) is 6.35. The van der Waals surface area contributed by atoms with Gasteiger partial charge in [0.2, 0.25) is 0 Å². The molecular weight excluding hydrogens is 352 g/mol. The van der Waals surface area contributed by atoms with Crippen molar-refractivity contribution in [2.24, 2.45) is 23.7 Å². The molecule has 0 bridgehead atoms. The lowest BCUT2D eigenvalue weighted by molar-refractivity contribution is -0.0133. The Bertz CT molecular complexity index is 461. The molecule has 156 valence electrons. The fourth-order valence-electron chi connectivity index (χ4n) is 7.17. The van der Waals surface area contributed by atoms with Gasteiger partial charge >= 0.3 is 8.88 Å². The standard InChI is InChI=1S/C22H42N2O2Si/c1-17-13-19-9-5-7-11-21(19)15-23(17)27(25-3,26-4)24-16-22-12-8-6-10-20(22)14-18(24)2/h17-22H,5-16H2,1-4H3. The van der Waals surface area contributed by atoms with Crippen LogP contribution in [0.25, 0.3) is 0 Å². The third-order valence-corrected chi connectivity index (χ3v) is 12.4.